The molecule has 0 aliphatic heterocycles. The van der Waals surface area contributed by atoms with E-state index in [2.05, 4.69) is 0 Å². The fourth-order valence-corrected chi connectivity index (χ4v) is 0. The second kappa shape index (κ2) is 2.11. The predicted molar refractivity (Wildman–Crippen MR) is 15.6 cm³/mol. The Bertz CT molecular complexity index is 29.0. The zero-order valence-corrected chi connectivity index (χ0v) is 4.94. The topological polar surface area (TPSA) is 37.3 Å². The van der Waals surface area contributed by atoms with E-state index in [9.17, 15) is 0 Å². The molecule has 4 heavy (non-hydrogen) atoms. The SMILES string of the molecule is O=[P+](O)[Te]. The average Bonchev–Trinajstić information content (AvgIpc) is 0.811. The second-order valence-corrected chi connectivity index (χ2v) is 3.39. The third-order valence-electron chi connectivity index (χ3n) is 0. The van der Waals surface area contributed by atoms with Gasteiger partial charge in [-0.1, -0.05) is 0 Å². The van der Waals surface area contributed by atoms with Crippen molar-refractivity contribution in [3.63, 3.8) is 0 Å². The van der Waals surface area contributed by atoms with Gasteiger partial charge in [0.05, 0.1) is 0 Å². The van der Waals surface area contributed by atoms with E-state index in [0.717, 1.165) is 0 Å². The Morgan fingerprint density at radius 1 is 2.00 bits per heavy atom. The van der Waals surface area contributed by atoms with Crippen LogP contribution in [0, 0.1) is 0 Å². The molecule has 1 radical (unpaired) electrons. The van der Waals surface area contributed by atoms with Crippen molar-refractivity contribution in [3.05, 3.63) is 0 Å². The summed E-state index contributed by atoms with van der Waals surface area (Å²) in [5.41, 5.74) is -1.86. The van der Waals surface area contributed by atoms with E-state index in [-0.39, 0.29) is 0 Å². The van der Waals surface area contributed by atoms with Gasteiger partial charge < -0.3 is 0 Å². The van der Waals surface area contributed by atoms with Crippen LogP contribution < -0.4 is 0 Å². The third-order valence-corrected chi connectivity index (χ3v) is 0. The molecule has 1 unspecified atom stereocenters. The quantitative estimate of drug-likeness (QED) is 0.426. The maximum atomic E-state index is 9.15. The molecule has 2 nitrogen and oxygen atoms in total. The van der Waals surface area contributed by atoms with Gasteiger partial charge in [-0.25, -0.2) is 0 Å². The fourth-order valence-electron chi connectivity index (χ4n) is 0. The normalized spacial score (nSPS) is 11.0. The molecular weight excluding hydrogens is 191 g/mol. The van der Waals surface area contributed by atoms with Gasteiger partial charge in [0.15, 0.2) is 0 Å². The van der Waals surface area contributed by atoms with Gasteiger partial charge in [0.25, 0.3) is 0 Å². The summed E-state index contributed by atoms with van der Waals surface area (Å²) in [5.74, 6) is 0. The third kappa shape index (κ3) is 13.5. The summed E-state index contributed by atoms with van der Waals surface area (Å²) in [6, 6.07) is 0. The molecule has 23 valence electrons. The number of hydrogen-bond donors (Lipinski definition) is 1. The predicted octanol–water partition coefficient (Wildman–Crippen LogP) is -0.195. The minimum absolute atomic E-state index is 1.17. The molecule has 0 aromatic rings. The summed E-state index contributed by atoms with van der Waals surface area (Å²) in [5, 5.41) is 0. The Morgan fingerprint density at radius 2 is 2.00 bits per heavy atom. The molecule has 0 aliphatic carbocycles. The molecule has 0 fully saturated rings. The average molecular weight is 192 g/mol. The van der Waals surface area contributed by atoms with E-state index in [1.54, 1.807) is 0 Å². The van der Waals surface area contributed by atoms with Crippen molar-refractivity contribution in [2.75, 3.05) is 0 Å². The van der Waals surface area contributed by atoms with Crippen molar-refractivity contribution in [1.29, 1.82) is 0 Å². The zero-order valence-electron chi connectivity index (χ0n) is 1.71. The van der Waals surface area contributed by atoms with E-state index in [0.29, 0.717) is 0 Å². The Morgan fingerprint density at radius 3 is 2.00 bits per heavy atom. The Labute approximate surface area is 37.3 Å². The molecule has 0 aromatic heterocycles. The van der Waals surface area contributed by atoms with Crippen LogP contribution in [0.25, 0.3) is 0 Å². The van der Waals surface area contributed by atoms with Crippen molar-refractivity contribution in [1.82, 2.24) is 0 Å². The standard InChI is InChI=1S/HO2PTe/c1-3(2)4/h(H,1,2)/q+1. The maximum absolute atomic E-state index is 9.15. The van der Waals surface area contributed by atoms with Crippen LogP contribution in [0.3, 0.4) is 0 Å². The van der Waals surface area contributed by atoms with Crippen molar-refractivity contribution in [2.45, 2.75) is 0 Å². The first kappa shape index (κ1) is 4.85. The molecule has 0 amide bonds. The van der Waals surface area contributed by atoms with Crippen LogP contribution in [-0.2, 0) is 4.57 Å². The molecule has 0 saturated carbocycles. The van der Waals surface area contributed by atoms with Crippen LogP contribution in [0.2, 0.25) is 0 Å². The van der Waals surface area contributed by atoms with E-state index in [4.69, 9.17) is 9.46 Å². The van der Waals surface area contributed by atoms with Crippen LogP contribution >= 0.6 is 5.72 Å². The first-order valence-electron chi connectivity index (χ1n) is 0.565. The summed E-state index contributed by atoms with van der Waals surface area (Å²) in [6.45, 7) is 0. The van der Waals surface area contributed by atoms with Gasteiger partial charge >= 0.3 is 36.9 Å². The summed E-state index contributed by atoms with van der Waals surface area (Å²) >= 11 is 1.17. The molecule has 0 aliphatic rings. The van der Waals surface area contributed by atoms with E-state index < -0.39 is 5.72 Å². The first-order chi connectivity index (χ1) is 1.73. The summed E-state index contributed by atoms with van der Waals surface area (Å²) < 4.78 is 9.15. The Balaban J connectivity index is 2.80. The van der Waals surface area contributed by atoms with Crippen LogP contribution in [0.5, 0.6) is 0 Å². The van der Waals surface area contributed by atoms with Crippen LogP contribution in [0.1, 0.15) is 0 Å². The number of hydrogen-bond acceptors (Lipinski definition) is 1. The zero-order chi connectivity index (χ0) is 3.58. The van der Waals surface area contributed by atoms with Crippen LogP contribution in [-0.4, -0.2) is 26.6 Å². The molecule has 0 rings (SSSR count). The van der Waals surface area contributed by atoms with Gasteiger partial charge in [0, 0.05) is 0 Å². The van der Waals surface area contributed by atoms with Gasteiger partial charge in [-0.3, -0.25) is 0 Å². The Kier molecular flexibility index (Phi) is 2.56. The van der Waals surface area contributed by atoms with Crippen molar-refractivity contribution in [3.8, 4) is 0 Å². The Hall–Kier alpha value is 0.850. The van der Waals surface area contributed by atoms with Crippen molar-refractivity contribution in [2.24, 2.45) is 0 Å². The summed E-state index contributed by atoms with van der Waals surface area (Å²) in [4.78, 5) is 7.57. The molecule has 0 heterocycles. The monoisotopic (exact) mass is 194 g/mol. The van der Waals surface area contributed by atoms with E-state index in [1.807, 2.05) is 0 Å². The molecule has 1 N–H and O–H groups in total. The first-order valence-corrected chi connectivity index (χ1v) is 4.82. The van der Waals surface area contributed by atoms with Crippen molar-refractivity contribution < 1.29 is 9.46 Å². The molecule has 1 atom stereocenters. The summed E-state index contributed by atoms with van der Waals surface area (Å²) in [6.07, 6.45) is 0. The minimum atomic E-state index is -1.86. The molecule has 0 spiro atoms. The molecule has 0 saturated heterocycles. The van der Waals surface area contributed by atoms with Crippen molar-refractivity contribution >= 4 is 27.5 Å². The van der Waals surface area contributed by atoms with E-state index >= 15 is 0 Å². The van der Waals surface area contributed by atoms with Gasteiger partial charge in [0.2, 0.25) is 0 Å². The molecule has 4 heteroatoms. The molecule has 0 bridgehead atoms. The van der Waals surface area contributed by atoms with Gasteiger partial charge in [-0.05, 0) is 0 Å². The van der Waals surface area contributed by atoms with Gasteiger partial charge in [0.1, 0.15) is 0 Å². The van der Waals surface area contributed by atoms with E-state index in [1.165, 1.54) is 21.7 Å². The number of rotatable bonds is 0. The fraction of sp³-hybridized carbons (Fsp3) is 0. The van der Waals surface area contributed by atoms with Crippen LogP contribution in [0.15, 0.2) is 0 Å². The molecular formula is HO2PTe+. The molecule has 0 aromatic carbocycles. The second-order valence-electron chi connectivity index (χ2n) is 0.238. The van der Waals surface area contributed by atoms with Crippen LogP contribution in [0.4, 0.5) is 0 Å². The summed E-state index contributed by atoms with van der Waals surface area (Å²) in [7, 11) is 0. The van der Waals surface area contributed by atoms with Gasteiger partial charge in [-0.15, -0.1) is 0 Å². The van der Waals surface area contributed by atoms with Gasteiger partial charge in [-0.2, -0.15) is 0 Å².